The maximum atomic E-state index is 10.1. The Morgan fingerprint density at radius 2 is 1.05 bits per heavy atom. The van der Waals surface area contributed by atoms with Crippen LogP contribution in [0, 0.1) is 27.7 Å². The molecule has 0 saturated heterocycles. The summed E-state index contributed by atoms with van der Waals surface area (Å²) in [4.78, 5) is 0. The Kier molecular flexibility index (Phi) is 4.56. The Hall–Kier alpha value is -1.96. The van der Waals surface area contributed by atoms with E-state index in [0.29, 0.717) is 11.5 Å². The van der Waals surface area contributed by atoms with Crippen LogP contribution in [0.4, 0.5) is 0 Å². The van der Waals surface area contributed by atoms with Gasteiger partial charge in [-0.1, -0.05) is 35.4 Å². The zero-order valence-corrected chi connectivity index (χ0v) is 13.3. The Morgan fingerprint density at radius 3 is 1.43 bits per heavy atom. The first kappa shape index (κ1) is 15.4. The minimum absolute atomic E-state index is 0.408. The molecule has 0 bridgehead atoms. The Bertz CT molecular complexity index is 600. The van der Waals surface area contributed by atoms with E-state index >= 15 is 0 Å². The zero-order chi connectivity index (χ0) is 15.6. The summed E-state index contributed by atoms with van der Waals surface area (Å²) < 4.78 is 0. The van der Waals surface area contributed by atoms with Crippen LogP contribution in [0.25, 0.3) is 0 Å². The van der Waals surface area contributed by atoms with Gasteiger partial charge in [0.1, 0.15) is 11.5 Å². The smallest absolute Gasteiger partial charge is 0.121 e. The third kappa shape index (κ3) is 3.57. The van der Waals surface area contributed by atoms with Crippen LogP contribution in [0.2, 0.25) is 0 Å². The Balaban J connectivity index is 2.09. The maximum Gasteiger partial charge on any atom is 0.121 e. The lowest BCUT2D eigenvalue weighted by Gasteiger charge is -2.11. The monoisotopic (exact) mass is 284 g/mol. The average Bonchev–Trinajstić information content (AvgIpc) is 2.40. The van der Waals surface area contributed by atoms with Crippen molar-refractivity contribution in [3.8, 4) is 11.5 Å². The standard InChI is InChI=1S/C19H24O2/c1-12-8-14(3)18(20)16(10-12)6-5-7-17-11-13(2)9-15(4)19(17)21/h8-11,20-21H,5-7H2,1-4H3. The third-order valence-electron chi connectivity index (χ3n) is 3.94. The predicted molar refractivity (Wildman–Crippen MR) is 87.2 cm³/mol. The molecule has 0 aromatic heterocycles. The molecule has 112 valence electrons. The molecule has 2 N–H and O–H groups in total. The molecule has 2 aromatic carbocycles. The minimum atomic E-state index is 0.408. The van der Waals surface area contributed by atoms with Crippen molar-refractivity contribution in [3.63, 3.8) is 0 Å². The van der Waals surface area contributed by atoms with Crippen molar-refractivity contribution < 1.29 is 10.2 Å². The molecule has 0 spiro atoms. The first-order chi connectivity index (χ1) is 9.88. The van der Waals surface area contributed by atoms with Crippen molar-refractivity contribution in [3.05, 3.63) is 57.6 Å². The van der Waals surface area contributed by atoms with Gasteiger partial charge in [-0.3, -0.25) is 0 Å². The van der Waals surface area contributed by atoms with Gasteiger partial charge in [0.05, 0.1) is 0 Å². The quantitative estimate of drug-likeness (QED) is 0.867. The number of benzene rings is 2. The van der Waals surface area contributed by atoms with Gasteiger partial charge < -0.3 is 10.2 Å². The first-order valence-corrected chi connectivity index (χ1v) is 7.46. The second kappa shape index (κ2) is 6.21. The van der Waals surface area contributed by atoms with Crippen LogP contribution >= 0.6 is 0 Å². The molecule has 2 nitrogen and oxygen atoms in total. The van der Waals surface area contributed by atoms with Crippen LogP contribution in [-0.2, 0) is 12.8 Å². The van der Waals surface area contributed by atoms with E-state index in [1.165, 1.54) is 11.1 Å². The van der Waals surface area contributed by atoms with Crippen LogP contribution in [0.3, 0.4) is 0 Å². The van der Waals surface area contributed by atoms with Gasteiger partial charge in [-0.2, -0.15) is 0 Å². The number of phenols is 2. The molecule has 0 radical (unpaired) electrons. The molecule has 21 heavy (non-hydrogen) atoms. The van der Waals surface area contributed by atoms with Crippen molar-refractivity contribution in [1.82, 2.24) is 0 Å². The van der Waals surface area contributed by atoms with Crippen molar-refractivity contribution in [2.45, 2.75) is 47.0 Å². The van der Waals surface area contributed by atoms with E-state index in [1.54, 1.807) is 0 Å². The second-order valence-electron chi connectivity index (χ2n) is 6.03. The van der Waals surface area contributed by atoms with E-state index in [0.717, 1.165) is 41.5 Å². The van der Waals surface area contributed by atoms with Crippen molar-refractivity contribution >= 4 is 0 Å². The number of phenolic OH excluding ortho intramolecular Hbond substituents is 2. The molecular formula is C19H24O2. The second-order valence-corrected chi connectivity index (χ2v) is 6.03. The summed E-state index contributed by atoms with van der Waals surface area (Å²) in [6.45, 7) is 7.96. The molecule has 0 unspecified atom stereocenters. The summed E-state index contributed by atoms with van der Waals surface area (Å²) in [6.07, 6.45) is 2.55. The van der Waals surface area contributed by atoms with Crippen molar-refractivity contribution in [2.75, 3.05) is 0 Å². The van der Waals surface area contributed by atoms with Gasteiger partial charge in [0, 0.05) is 0 Å². The number of aromatic hydroxyl groups is 2. The summed E-state index contributed by atoms with van der Waals surface area (Å²) in [5.74, 6) is 0.815. The molecule has 0 aliphatic rings. The minimum Gasteiger partial charge on any atom is -0.507 e. The van der Waals surface area contributed by atoms with Crippen LogP contribution < -0.4 is 0 Å². The molecule has 0 amide bonds. The van der Waals surface area contributed by atoms with Gasteiger partial charge in [-0.25, -0.2) is 0 Å². The van der Waals surface area contributed by atoms with Crippen LogP contribution in [0.15, 0.2) is 24.3 Å². The van der Waals surface area contributed by atoms with E-state index in [1.807, 2.05) is 52.0 Å². The first-order valence-electron chi connectivity index (χ1n) is 7.46. The predicted octanol–water partition coefficient (Wildman–Crippen LogP) is 4.51. The van der Waals surface area contributed by atoms with Crippen LogP contribution in [-0.4, -0.2) is 10.2 Å². The summed E-state index contributed by atoms with van der Waals surface area (Å²) in [5.41, 5.74) is 6.20. The number of aryl methyl sites for hydroxylation is 6. The molecule has 2 heteroatoms. The van der Waals surface area contributed by atoms with Gasteiger partial charge >= 0.3 is 0 Å². The number of rotatable bonds is 4. The lowest BCUT2D eigenvalue weighted by molar-refractivity contribution is 0.459. The summed E-state index contributed by atoms with van der Waals surface area (Å²) in [7, 11) is 0. The van der Waals surface area contributed by atoms with E-state index < -0.39 is 0 Å². The van der Waals surface area contributed by atoms with Crippen molar-refractivity contribution in [1.29, 1.82) is 0 Å². The highest BCUT2D eigenvalue weighted by atomic mass is 16.3. The zero-order valence-electron chi connectivity index (χ0n) is 13.3. The van der Waals surface area contributed by atoms with Gasteiger partial charge in [0.2, 0.25) is 0 Å². The van der Waals surface area contributed by atoms with Crippen LogP contribution in [0.1, 0.15) is 39.8 Å². The molecule has 0 fully saturated rings. The molecule has 0 aliphatic carbocycles. The molecule has 0 saturated carbocycles. The molecule has 2 rings (SSSR count). The van der Waals surface area contributed by atoms with Gasteiger partial charge in [-0.05, 0) is 69.2 Å². The van der Waals surface area contributed by atoms with E-state index in [2.05, 4.69) is 0 Å². The molecule has 0 aliphatic heterocycles. The molecule has 0 heterocycles. The van der Waals surface area contributed by atoms with Gasteiger partial charge in [-0.15, -0.1) is 0 Å². The van der Waals surface area contributed by atoms with E-state index in [9.17, 15) is 10.2 Å². The van der Waals surface area contributed by atoms with E-state index in [-0.39, 0.29) is 0 Å². The number of hydrogen-bond donors (Lipinski definition) is 2. The molecule has 0 atom stereocenters. The largest absolute Gasteiger partial charge is 0.507 e. The summed E-state index contributed by atoms with van der Waals surface area (Å²) in [6, 6.07) is 8.08. The highest BCUT2D eigenvalue weighted by molar-refractivity contribution is 5.44. The summed E-state index contributed by atoms with van der Waals surface area (Å²) in [5, 5.41) is 20.2. The lowest BCUT2D eigenvalue weighted by atomic mass is 9.97. The maximum absolute atomic E-state index is 10.1. The highest BCUT2D eigenvalue weighted by Crippen LogP contribution is 2.28. The fraction of sp³-hybridized carbons (Fsp3) is 0.368. The van der Waals surface area contributed by atoms with E-state index in [4.69, 9.17) is 0 Å². The van der Waals surface area contributed by atoms with Gasteiger partial charge in [0.25, 0.3) is 0 Å². The summed E-state index contributed by atoms with van der Waals surface area (Å²) >= 11 is 0. The topological polar surface area (TPSA) is 40.5 Å². The fourth-order valence-corrected chi connectivity index (χ4v) is 2.95. The lowest BCUT2D eigenvalue weighted by Crippen LogP contribution is -1.95. The van der Waals surface area contributed by atoms with Gasteiger partial charge in [0.15, 0.2) is 0 Å². The highest BCUT2D eigenvalue weighted by Gasteiger charge is 2.08. The molecular weight excluding hydrogens is 260 g/mol. The normalized spacial score (nSPS) is 10.9. The Morgan fingerprint density at radius 1 is 0.667 bits per heavy atom. The Labute approximate surface area is 127 Å². The SMILES string of the molecule is Cc1cc(C)c(O)c(CCCc2cc(C)cc(C)c2O)c1. The molecule has 2 aromatic rings. The van der Waals surface area contributed by atoms with Crippen molar-refractivity contribution in [2.24, 2.45) is 0 Å². The average molecular weight is 284 g/mol. The third-order valence-corrected chi connectivity index (χ3v) is 3.94. The number of hydrogen-bond acceptors (Lipinski definition) is 2. The fourth-order valence-electron chi connectivity index (χ4n) is 2.95. The van der Waals surface area contributed by atoms with Crippen LogP contribution in [0.5, 0.6) is 11.5 Å².